The van der Waals surface area contributed by atoms with Gasteiger partial charge in [0.05, 0.1) is 5.52 Å². The second-order valence-corrected chi connectivity index (χ2v) is 4.90. The molecule has 0 aliphatic carbocycles. The fraction of sp³-hybridized carbons (Fsp3) is 0.125. The summed E-state index contributed by atoms with van der Waals surface area (Å²) < 4.78 is 10.7. The normalized spacial score (nSPS) is 12.6. The van der Waals surface area contributed by atoms with E-state index in [2.05, 4.69) is 15.3 Å². The molecule has 0 atom stereocenters. The number of hydrogen-bond acceptors (Lipinski definition) is 5. The summed E-state index contributed by atoms with van der Waals surface area (Å²) in [5, 5.41) is 4.23. The van der Waals surface area contributed by atoms with Gasteiger partial charge in [0.1, 0.15) is 0 Å². The van der Waals surface area contributed by atoms with Crippen LogP contribution in [0.2, 0.25) is 0 Å². The number of para-hydroxylation sites is 1. The molecular weight excluding hydrogens is 266 g/mol. The summed E-state index contributed by atoms with van der Waals surface area (Å²) >= 11 is 0. The number of nitrogens with zero attached hydrogens (tertiary/aromatic N) is 2. The quantitative estimate of drug-likeness (QED) is 0.779. The van der Waals surface area contributed by atoms with Gasteiger partial charge in [-0.05, 0) is 24.6 Å². The maximum atomic E-state index is 5.36. The predicted molar refractivity (Wildman–Crippen MR) is 80.1 cm³/mol. The van der Waals surface area contributed by atoms with Crippen molar-refractivity contribution in [1.82, 2.24) is 9.97 Å². The zero-order valence-corrected chi connectivity index (χ0v) is 11.5. The minimum atomic E-state index is 0.268. The van der Waals surface area contributed by atoms with Gasteiger partial charge in [-0.15, -0.1) is 0 Å². The van der Waals surface area contributed by atoms with Crippen molar-refractivity contribution in [3.05, 3.63) is 48.2 Å². The van der Waals surface area contributed by atoms with Crippen molar-refractivity contribution in [2.75, 3.05) is 12.1 Å². The van der Waals surface area contributed by atoms with Gasteiger partial charge in [-0.2, -0.15) is 0 Å². The molecule has 1 N–H and O–H groups in total. The highest BCUT2D eigenvalue weighted by molar-refractivity contribution is 5.82. The van der Waals surface area contributed by atoms with Gasteiger partial charge < -0.3 is 14.8 Å². The third-order valence-electron chi connectivity index (χ3n) is 3.44. The van der Waals surface area contributed by atoms with E-state index in [1.807, 2.05) is 49.5 Å². The Hall–Kier alpha value is -2.82. The number of fused-ring (bicyclic) bond motifs is 2. The number of rotatable bonds is 2. The van der Waals surface area contributed by atoms with E-state index in [1.165, 1.54) is 0 Å². The van der Waals surface area contributed by atoms with E-state index in [0.717, 1.165) is 33.7 Å². The average molecular weight is 279 g/mol. The molecule has 0 unspecified atom stereocenters. The molecule has 0 spiro atoms. The second-order valence-electron chi connectivity index (χ2n) is 4.90. The third kappa shape index (κ3) is 2.12. The molecule has 3 aromatic rings. The van der Waals surface area contributed by atoms with Crippen LogP contribution in [0.4, 0.5) is 11.6 Å². The fourth-order valence-electron chi connectivity index (χ4n) is 2.37. The van der Waals surface area contributed by atoms with Crippen molar-refractivity contribution in [3.63, 3.8) is 0 Å². The second kappa shape index (κ2) is 4.63. The highest BCUT2D eigenvalue weighted by Gasteiger charge is 2.13. The first kappa shape index (κ1) is 12.0. The Balaban J connectivity index is 1.69. The number of aryl methyl sites for hydroxylation is 1. The molecule has 4 rings (SSSR count). The molecule has 1 aliphatic heterocycles. The van der Waals surface area contributed by atoms with E-state index in [1.54, 1.807) is 0 Å². The first-order valence-corrected chi connectivity index (χ1v) is 6.69. The van der Waals surface area contributed by atoms with E-state index < -0.39 is 0 Å². The Kier molecular flexibility index (Phi) is 2.64. The van der Waals surface area contributed by atoms with Crippen LogP contribution in [0, 0.1) is 6.92 Å². The van der Waals surface area contributed by atoms with E-state index in [-0.39, 0.29) is 6.79 Å². The molecular formula is C16H13N3O2. The third-order valence-corrected chi connectivity index (χ3v) is 3.44. The van der Waals surface area contributed by atoms with Crippen LogP contribution in [0.15, 0.2) is 42.6 Å². The van der Waals surface area contributed by atoms with E-state index in [4.69, 9.17) is 9.47 Å². The van der Waals surface area contributed by atoms with Gasteiger partial charge in [0.25, 0.3) is 0 Å². The van der Waals surface area contributed by atoms with Gasteiger partial charge in [0.2, 0.25) is 12.7 Å². The van der Waals surface area contributed by atoms with Crippen molar-refractivity contribution in [2.45, 2.75) is 6.92 Å². The first-order chi connectivity index (χ1) is 10.3. The van der Waals surface area contributed by atoms with Crippen LogP contribution in [0.5, 0.6) is 11.5 Å². The van der Waals surface area contributed by atoms with E-state index in [9.17, 15) is 0 Å². The molecule has 0 radical (unpaired) electrons. The molecule has 0 saturated heterocycles. The Morgan fingerprint density at radius 3 is 2.95 bits per heavy atom. The average Bonchev–Trinajstić information content (AvgIpc) is 2.96. The number of nitrogens with one attached hydrogen (secondary N) is 1. The first-order valence-electron chi connectivity index (χ1n) is 6.69. The Morgan fingerprint density at radius 1 is 1.10 bits per heavy atom. The van der Waals surface area contributed by atoms with Gasteiger partial charge in [0, 0.05) is 23.3 Å². The summed E-state index contributed by atoms with van der Waals surface area (Å²) in [6.07, 6.45) is 1.82. The van der Waals surface area contributed by atoms with Crippen LogP contribution in [0.25, 0.3) is 10.9 Å². The Bertz CT molecular complexity index is 833. The predicted octanol–water partition coefficient (Wildman–Crippen LogP) is 3.41. The summed E-state index contributed by atoms with van der Waals surface area (Å²) in [7, 11) is 0. The SMILES string of the molecule is Cc1cccc2cnc(Nc3ccc4c(c3)OCO4)nc12. The Morgan fingerprint density at radius 2 is 2.00 bits per heavy atom. The zero-order valence-electron chi connectivity index (χ0n) is 11.5. The van der Waals surface area contributed by atoms with Gasteiger partial charge >= 0.3 is 0 Å². The van der Waals surface area contributed by atoms with Crippen molar-refractivity contribution >= 4 is 22.5 Å². The summed E-state index contributed by atoms with van der Waals surface area (Å²) in [5.74, 6) is 2.06. The molecule has 5 nitrogen and oxygen atoms in total. The molecule has 104 valence electrons. The summed E-state index contributed by atoms with van der Waals surface area (Å²) in [5.41, 5.74) is 2.95. The standard InChI is InChI=1S/C16H13N3O2/c1-10-3-2-4-11-8-17-16(19-15(10)11)18-12-5-6-13-14(7-12)21-9-20-13/h2-8H,9H2,1H3,(H,17,18,19). The summed E-state index contributed by atoms with van der Waals surface area (Å²) in [4.78, 5) is 8.91. The smallest absolute Gasteiger partial charge is 0.231 e. The molecule has 2 heterocycles. The maximum absolute atomic E-state index is 5.36. The molecule has 21 heavy (non-hydrogen) atoms. The van der Waals surface area contributed by atoms with E-state index in [0.29, 0.717) is 5.95 Å². The summed E-state index contributed by atoms with van der Waals surface area (Å²) in [6, 6.07) is 11.7. The molecule has 1 aliphatic rings. The minimum absolute atomic E-state index is 0.268. The molecule has 5 heteroatoms. The number of aromatic nitrogens is 2. The van der Waals surface area contributed by atoms with Crippen molar-refractivity contribution in [2.24, 2.45) is 0 Å². The van der Waals surface area contributed by atoms with Crippen molar-refractivity contribution < 1.29 is 9.47 Å². The highest BCUT2D eigenvalue weighted by atomic mass is 16.7. The lowest BCUT2D eigenvalue weighted by molar-refractivity contribution is 0.174. The summed E-state index contributed by atoms with van der Waals surface area (Å²) in [6.45, 7) is 2.31. The van der Waals surface area contributed by atoms with Crippen LogP contribution < -0.4 is 14.8 Å². The zero-order chi connectivity index (χ0) is 14.2. The van der Waals surface area contributed by atoms with Gasteiger partial charge in [-0.3, -0.25) is 0 Å². The van der Waals surface area contributed by atoms with Crippen LogP contribution >= 0.6 is 0 Å². The Labute approximate surface area is 121 Å². The molecule has 1 aromatic heterocycles. The lowest BCUT2D eigenvalue weighted by atomic mass is 10.1. The van der Waals surface area contributed by atoms with Crippen LogP contribution in [0.3, 0.4) is 0 Å². The maximum Gasteiger partial charge on any atom is 0.231 e. The number of hydrogen-bond donors (Lipinski definition) is 1. The van der Waals surface area contributed by atoms with Crippen LogP contribution in [0.1, 0.15) is 5.56 Å². The molecule has 0 bridgehead atoms. The molecule has 2 aromatic carbocycles. The monoisotopic (exact) mass is 279 g/mol. The van der Waals surface area contributed by atoms with Gasteiger partial charge in [-0.25, -0.2) is 9.97 Å². The topological polar surface area (TPSA) is 56.3 Å². The fourth-order valence-corrected chi connectivity index (χ4v) is 2.37. The number of benzene rings is 2. The minimum Gasteiger partial charge on any atom is -0.454 e. The van der Waals surface area contributed by atoms with Crippen LogP contribution in [-0.4, -0.2) is 16.8 Å². The molecule has 0 amide bonds. The van der Waals surface area contributed by atoms with Gasteiger partial charge in [0.15, 0.2) is 11.5 Å². The highest BCUT2D eigenvalue weighted by Crippen LogP contribution is 2.34. The van der Waals surface area contributed by atoms with E-state index >= 15 is 0 Å². The molecule has 0 saturated carbocycles. The lowest BCUT2D eigenvalue weighted by Gasteiger charge is -2.07. The van der Waals surface area contributed by atoms with Gasteiger partial charge in [-0.1, -0.05) is 18.2 Å². The van der Waals surface area contributed by atoms with Crippen LogP contribution in [-0.2, 0) is 0 Å². The lowest BCUT2D eigenvalue weighted by Crippen LogP contribution is -1.97. The molecule has 0 fully saturated rings. The largest absolute Gasteiger partial charge is 0.454 e. The van der Waals surface area contributed by atoms with Crippen molar-refractivity contribution in [1.29, 1.82) is 0 Å². The number of ether oxygens (including phenoxy) is 2. The van der Waals surface area contributed by atoms with Crippen molar-refractivity contribution in [3.8, 4) is 11.5 Å². The number of anilines is 2.